The van der Waals surface area contributed by atoms with Crippen LogP contribution < -0.4 is 26.8 Å². The number of amides is 2. The smallest absolute Gasteiger partial charge is 0.256 e. The van der Waals surface area contributed by atoms with Crippen LogP contribution in [0.2, 0.25) is 0 Å². The molecule has 0 aliphatic heterocycles. The normalized spacial score (nSPS) is 11.5. The molecule has 3 aromatic carbocycles. The van der Waals surface area contributed by atoms with Crippen LogP contribution in [0.1, 0.15) is 29.2 Å². The SMILES string of the molecule is N=C(N)NCCCC(C(N)=O)n1c(-c2cccc(Oc3ccccc3)c2)nc2cc(C(=O)Nc3ccccn3)ccc21. The van der Waals surface area contributed by atoms with Crippen molar-refractivity contribution in [1.29, 1.82) is 5.41 Å². The van der Waals surface area contributed by atoms with Gasteiger partial charge >= 0.3 is 0 Å². The third kappa shape index (κ3) is 6.53. The number of nitrogens with two attached hydrogens (primary N) is 2. The molecule has 2 aromatic heterocycles. The number of imidazole rings is 1. The molecule has 5 rings (SSSR count). The van der Waals surface area contributed by atoms with Gasteiger partial charge < -0.3 is 31.4 Å². The molecule has 0 fully saturated rings. The summed E-state index contributed by atoms with van der Waals surface area (Å²) in [5, 5.41) is 12.9. The Balaban J connectivity index is 1.55. The summed E-state index contributed by atoms with van der Waals surface area (Å²) in [7, 11) is 0. The highest BCUT2D eigenvalue weighted by Crippen LogP contribution is 2.33. The zero-order chi connectivity index (χ0) is 29.5. The molecule has 42 heavy (non-hydrogen) atoms. The van der Waals surface area contributed by atoms with Gasteiger partial charge in [0.2, 0.25) is 5.91 Å². The Morgan fingerprint density at radius 1 is 0.929 bits per heavy atom. The molecule has 5 aromatic rings. The number of para-hydroxylation sites is 1. The van der Waals surface area contributed by atoms with Crippen molar-refractivity contribution in [3.05, 3.63) is 103 Å². The third-order valence-electron chi connectivity index (χ3n) is 6.54. The Bertz CT molecular complexity index is 1720. The molecule has 11 heteroatoms. The molecule has 7 N–H and O–H groups in total. The van der Waals surface area contributed by atoms with Crippen molar-refractivity contribution in [2.45, 2.75) is 18.9 Å². The number of anilines is 1. The molecule has 0 saturated heterocycles. The van der Waals surface area contributed by atoms with Crippen molar-refractivity contribution in [3.63, 3.8) is 0 Å². The van der Waals surface area contributed by atoms with Crippen molar-refractivity contribution in [3.8, 4) is 22.9 Å². The van der Waals surface area contributed by atoms with E-state index in [0.29, 0.717) is 64.7 Å². The van der Waals surface area contributed by atoms with E-state index in [1.807, 2.05) is 54.6 Å². The van der Waals surface area contributed by atoms with Crippen molar-refractivity contribution >= 4 is 34.6 Å². The molecule has 1 atom stereocenters. The van der Waals surface area contributed by atoms with E-state index in [1.165, 1.54) is 0 Å². The van der Waals surface area contributed by atoms with Crippen LogP contribution in [0.4, 0.5) is 5.82 Å². The number of rotatable bonds is 11. The standard InChI is InChI=1S/C31H30N8O3/c32-28(40)26(12-7-17-36-31(33)34)39-25-15-14-21(30(41)38-27-13-4-5-16-35-27)19-24(25)37-29(39)20-8-6-11-23(18-20)42-22-9-2-1-3-10-22/h1-6,8-11,13-16,18-19,26H,7,12,17H2,(H2,32,40)(H4,33,34,36)(H,35,38,41). The molecule has 1 unspecified atom stereocenters. The van der Waals surface area contributed by atoms with Gasteiger partial charge in [0.1, 0.15) is 29.2 Å². The molecule has 0 saturated carbocycles. The van der Waals surface area contributed by atoms with Gasteiger partial charge in [0.05, 0.1) is 11.0 Å². The van der Waals surface area contributed by atoms with Gasteiger partial charge in [-0.05, 0) is 67.4 Å². The number of fused-ring (bicyclic) bond motifs is 1. The zero-order valence-electron chi connectivity index (χ0n) is 22.7. The maximum atomic E-state index is 13.0. The molecule has 0 bridgehead atoms. The number of ether oxygens (including phenoxy) is 1. The van der Waals surface area contributed by atoms with Crippen molar-refractivity contribution in [2.24, 2.45) is 11.5 Å². The molecule has 0 spiro atoms. The van der Waals surface area contributed by atoms with Crippen LogP contribution in [0.25, 0.3) is 22.4 Å². The van der Waals surface area contributed by atoms with Gasteiger partial charge in [-0.25, -0.2) is 9.97 Å². The first kappa shape index (κ1) is 27.8. The van der Waals surface area contributed by atoms with Crippen LogP contribution in [-0.4, -0.2) is 38.9 Å². The summed E-state index contributed by atoms with van der Waals surface area (Å²) in [5.74, 6) is 1.17. The van der Waals surface area contributed by atoms with E-state index in [9.17, 15) is 9.59 Å². The number of aromatic nitrogens is 3. The summed E-state index contributed by atoms with van der Waals surface area (Å²) in [5.41, 5.74) is 13.6. The average Bonchev–Trinajstić information content (AvgIpc) is 3.36. The molecule has 212 valence electrons. The summed E-state index contributed by atoms with van der Waals surface area (Å²) in [4.78, 5) is 34.9. The zero-order valence-corrected chi connectivity index (χ0v) is 22.7. The van der Waals surface area contributed by atoms with Gasteiger partial charge in [-0.3, -0.25) is 15.0 Å². The number of hydrogen-bond acceptors (Lipinski definition) is 6. The molecule has 0 aliphatic carbocycles. The van der Waals surface area contributed by atoms with E-state index < -0.39 is 11.9 Å². The molecule has 2 heterocycles. The predicted molar refractivity (Wildman–Crippen MR) is 161 cm³/mol. The molecule has 0 radical (unpaired) electrons. The van der Waals surface area contributed by atoms with Gasteiger partial charge in [-0.15, -0.1) is 0 Å². The average molecular weight is 563 g/mol. The number of carbonyl (C=O) groups excluding carboxylic acids is 2. The fourth-order valence-electron chi connectivity index (χ4n) is 4.62. The van der Waals surface area contributed by atoms with Crippen LogP contribution in [0.5, 0.6) is 11.5 Å². The summed E-state index contributed by atoms with van der Waals surface area (Å²) in [6.07, 6.45) is 2.49. The lowest BCUT2D eigenvalue weighted by Gasteiger charge is -2.19. The lowest BCUT2D eigenvalue weighted by Crippen LogP contribution is -2.32. The number of nitrogens with zero attached hydrogens (tertiary/aromatic N) is 3. The van der Waals surface area contributed by atoms with Crippen molar-refractivity contribution in [2.75, 3.05) is 11.9 Å². The second kappa shape index (κ2) is 12.6. The van der Waals surface area contributed by atoms with E-state index in [0.717, 1.165) is 0 Å². The Kier molecular flexibility index (Phi) is 8.38. The molecular weight excluding hydrogens is 532 g/mol. The summed E-state index contributed by atoms with van der Waals surface area (Å²) in [6.45, 7) is 0.402. The van der Waals surface area contributed by atoms with E-state index in [1.54, 1.807) is 47.2 Å². The summed E-state index contributed by atoms with van der Waals surface area (Å²) >= 11 is 0. The van der Waals surface area contributed by atoms with Crippen molar-refractivity contribution < 1.29 is 14.3 Å². The lowest BCUT2D eigenvalue weighted by molar-refractivity contribution is -0.121. The Morgan fingerprint density at radius 2 is 1.71 bits per heavy atom. The summed E-state index contributed by atoms with van der Waals surface area (Å²) < 4.78 is 7.84. The van der Waals surface area contributed by atoms with Gasteiger partial charge in [0.15, 0.2) is 5.96 Å². The van der Waals surface area contributed by atoms with Crippen LogP contribution in [0, 0.1) is 5.41 Å². The van der Waals surface area contributed by atoms with E-state index in [-0.39, 0.29) is 11.9 Å². The maximum absolute atomic E-state index is 13.0. The monoisotopic (exact) mass is 562 g/mol. The fraction of sp³-hybridized carbons (Fsp3) is 0.129. The number of guanidine groups is 1. The summed E-state index contributed by atoms with van der Waals surface area (Å²) in [6, 6.07) is 26.4. The minimum atomic E-state index is -0.759. The van der Waals surface area contributed by atoms with E-state index >= 15 is 0 Å². The number of nitrogens with one attached hydrogen (secondary N) is 3. The quantitative estimate of drug-likeness (QED) is 0.0899. The number of pyridine rings is 1. The molecular formula is C31H30N8O3. The first-order valence-electron chi connectivity index (χ1n) is 13.3. The minimum Gasteiger partial charge on any atom is -0.457 e. The molecule has 11 nitrogen and oxygen atoms in total. The van der Waals surface area contributed by atoms with Gasteiger partial charge in [0, 0.05) is 23.9 Å². The molecule has 2 amide bonds. The second-order valence-corrected chi connectivity index (χ2v) is 9.52. The second-order valence-electron chi connectivity index (χ2n) is 9.52. The largest absolute Gasteiger partial charge is 0.457 e. The van der Waals surface area contributed by atoms with Crippen molar-refractivity contribution in [1.82, 2.24) is 19.9 Å². The molecule has 0 aliphatic rings. The Labute approximate surface area is 242 Å². The van der Waals surface area contributed by atoms with Gasteiger partial charge in [-0.1, -0.05) is 36.4 Å². The van der Waals surface area contributed by atoms with Crippen LogP contribution in [0.15, 0.2) is 97.2 Å². The van der Waals surface area contributed by atoms with Crippen LogP contribution in [0.3, 0.4) is 0 Å². The Hall–Kier alpha value is -5.71. The first-order chi connectivity index (χ1) is 20.4. The first-order valence-corrected chi connectivity index (χ1v) is 13.3. The third-order valence-corrected chi connectivity index (χ3v) is 6.54. The number of carbonyl (C=O) groups is 2. The topological polar surface area (TPSA) is 174 Å². The number of hydrogen-bond donors (Lipinski definition) is 5. The predicted octanol–water partition coefficient (Wildman–Crippen LogP) is 4.43. The highest BCUT2D eigenvalue weighted by Gasteiger charge is 2.25. The lowest BCUT2D eigenvalue weighted by atomic mass is 10.1. The fourth-order valence-corrected chi connectivity index (χ4v) is 4.62. The van der Waals surface area contributed by atoms with E-state index in [2.05, 4.69) is 15.6 Å². The maximum Gasteiger partial charge on any atom is 0.256 e. The van der Waals surface area contributed by atoms with Crippen LogP contribution >= 0.6 is 0 Å². The number of primary amides is 1. The van der Waals surface area contributed by atoms with Crippen LogP contribution in [-0.2, 0) is 4.79 Å². The minimum absolute atomic E-state index is 0.147. The van der Waals surface area contributed by atoms with Gasteiger partial charge in [-0.2, -0.15) is 0 Å². The van der Waals surface area contributed by atoms with Gasteiger partial charge in [0.25, 0.3) is 5.91 Å². The highest BCUT2D eigenvalue weighted by molar-refractivity contribution is 6.05. The van der Waals surface area contributed by atoms with E-state index in [4.69, 9.17) is 26.6 Å². The number of benzene rings is 3. The highest BCUT2D eigenvalue weighted by atomic mass is 16.5. The Morgan fingerprint density at radius 3 is 2.45 bits per heavy atom.